The molecule has 15 nitrogen and oxygen atoms in total. The van der Waals surface area contributed by atoms with E-state index in [1.54, 1.807) is 6.92 Å². The molecule has 0 radical (unpaired) electrons. The van der Waals surface area contributed by atoms with Crippen molar-refractivity contribution in [3.05, 3.63) is 108 Å². The Bertz CT molecular complexity index is 1370. The summed E-state index contributed by atoms with van der Waals surface area (Å²) in [5.41, 5.74) is 2.31. The summed E-state index contributed by atoms with van der Waals surface area (Å²) in [5, 5.41) is 52.2. The van der Waals surface area contributed by atoms with E-state index >= 15 is 0 Å². The molecule has 0 saturated heterocycles. The molecule has 0 unspecified atom stereocenters. The summed E-state index contributed by atoms with van der Waals surface area (Å²) in [4.78, 5) is 0. The van der Waals surface area contributed by atoms with E-state index in [1.165, 1.54) is 16.7 Å². The number of hydrogen-bond acceptors (Lipinski definition) is 15. The van der Waals surface area contributed by atoms with Gasteiger partial charge in [-0.1, -0.05) is 157 Å². The van der Waals surface area contributed by atoms with Gasteiger partial charge in [-0.05, 0) is 23.1 Å². The Balaban J connectivity index is -0.000000225. The molecule has 3 aromatic rings. The first kappa shape index (κ1) is 78.4. The van der Waals surface area contributed by atoms with Crippen LogP contribution in [0.5, 0.6) is 0 Å². The molecule has 0 aromatic heterocycles. The summed E-state index contributed by atoms with van der Waals surface area (Å²) in [7, 11) is 0. The first-order valence-corrected chi connectivity index (χ1v) is 24.2. The zero-order chi connectivity index (χ0) is 49.6. The Hall–Kier alpha value is -1.46. The van der Waals surface area contributed by atoms with E-state index in [0.717, 1.165) is 25.0 Å². The number of alkyl halides is 1. The van der Waals surface area contributed by atoms with E-state index in [4.69, 9.17) is 73.3 Å². The molecule has 17 heteroatoms. The topological polar surface area (TPSA) is 204 Å². The standard InChI is InChI=1S/C26H38O5.C11H24O6.C9H11BrO.C5H12O3.3CH4.Na.H/c1-3-14-29-21-26(2,22-30-17-15-27-19-24-10-6-4-7-11-24)23-31-18-16-28-20-25-12-8-5-9-13-25;1-11(8-15-5-2-12,9-16-6-3-13)10-17-7-4-14;10-6-7-11-8-9-4-2-1-3-5-9;1-5(2-6,3-7)4-8;;;;;/h4-13H,3,14-23H2,1-2H3;12-14H,2-10H2,1H3;1-5H,6-8H2;6-8H,2-4H2,1H3;3*1H4;;/q;;;;;;;+1;-1. The van der Waals surface area contributed by atoms with Crippen molar-refractivity contribution in [3.63, 3.8) is 0 Å². The van der Waals surface area contributed by atoms with Crippen molar-refractivity contribution in [1.29, 1.82) is 0 Å². The molecule has 3 aromatic carbocycles. The maximum atomic E-state index is 8.64. The fourth-order valence-electron chi connectivity index (χ4n) is 5.23. The molecule has 71 heavy (non-hydrogen) atoms. The molecule has 0 atom stereocenters. The van der Waals surface area contributed by atoms with Crippen LogP contribution < -0.4 is 29.6 Å². The normalized spacial score (nSPS) is 10.9. The second-order valence-electron chi connectivity index (χ2n) is 16.7. The monoisotopic (exact) mass is 1090 g/mol. The number of aliphatic hydroxyl groups excluding tert-OH is 6. The summed E-state index contributed by atoms with van der Waals surface area (Å²) >= 11 is 3.30. The van der Waals surface area contributed by atoms with Gasteiger partial charge in [-0.25, -0.2) is 0 Å². The Morgan fingerprint density at radius 2 is 0.634 bits per heavy atom. The molecule has 0 heterocycles. The Morgan fingerprint density at radius 3 is 0.873 bits per heavy atom. The van der Waals surface area contributed by atoms with Crippen LogP contribution in [0, 0.1) is 16.2 Å². The van der Waals surface area contributed by atoms with Crippen LogP contribution >= 0.6 is 15.9 Å². The Kier molecular flexibility index (Phi) is 60.5. The molecular formula is C54H98BrNaO15. The zero-order valence-electron chi connectivity index (χ0n) is 42.8. The predicted molar refractivity (Wildman–Crippen MR) is 285 cm³/mol. The fourth-order valence-corrected chi connectivity index (χ4v) is 5.46. The van der Waals surface area contributed by atoms with E-state index < -0.39 is 5.41 Å². The quantitative estimate of drug-likeness (QED) is 0.0268. The number of ether oxygens (including phenoxy) is 9. The van der Waals surface area contributed by atoms with Crippen molar-refractivity contribution in [2.45, 2.75) is 76.2 Å². The predicted octanol–water partition coefficient (Wildman–Crippen LogP) is 4.50. The van der Waals surface area contributed by atoms with E-state index in [0.29, 0.717) is 85.9 Å². The summed E-state index contributed by atoms with van der Waals surface area (Å²) in [6.45, 7) is 16.6. The van der Waals surface area contributed by atoms with Gasteiger partial charge in [-0.15, -0.1) is 0 Å². The first-order chi connectivity index (χ1) is 32.5. The maximum absolute atomic E-state index is 8.64. The molecule has 0 aliphatic carbocycles. The van der Waals surface area contributed by atoms with Crippen LogP contribution in [0.25, 0.3) is 0 Å². The minimum absolute atomic E-state index is 0. The third-order valence-electron chi connectivity index (χ3n) is 9.20. The molecule has 0 fully saturated rings. The maximum Gasteiger partial charge on any atom is 1.00 e. The second kappa shape index (κ2) is 54.8. The minimum atomic E-state index is -0.708. The largest absolute Gasteiger partial charge is 1.00 e. The zero-order valence-corrected chi connectivity index (χ0v) is 45.4. The molecule has 0 saturated carbocycles. The average molecular weight is 1090 g/mol. The van der Waals surface area contributed by atoms with Gasteiger partial charge in [-0.2, -0.15) is 0 Å². The van der Waals surface area contributed by atoms with Gasteiger partial charge in [0.25, 0.3) is 0 Å². The first-order valence-electron chi connectivity index (χ1n) is 23.0. The van der Waals surface area contributed by atoms with Gasteiger partial charge in [0.2, 0.25) is 0 Å². The number of hydrogen-bond donors (Lipinski definition) is 6. The third kappa shape index (κ3) is 46.8. The molecule has 0 aliphatic heterocycles. The summed E-state index contributed by atoms with van der Waals surface area (Å²) in [6, 6.07) is 30.5. The van der Waals surface area contributed by atoms with Gasteiger partial charge < -0.3 is 74.7 Å². The van der Waals surface area contributed by atoms with Crippen LogP contribution in [0.2, 0.25) is 0 Å². The molecule has 3 rings (SSSR count). The van der Waals surface area contributed by atoms with E-state index in [2.05, 4.69) is 66.2 Å². The van der Waals surface area contributed by atoms with E-state index in [1.807, 2.05) is 61.5 Å². The van der Waals surface area contributed by atoms with Crippen LogP contribution in [-0.4, -0.2) is 175 Å². The summed E-state index contributed by atoms with van der Waals surface area (Å²) < 4.78 is 50.1. The van der Waals surface area contributed by atoms with Gasteiger partial charge in [0.05, 0.1) is 152 Å². The fraction of sp³-hybridized carbons (Fsp3) is 0.667. The molecule has 0 spiro atoms. The van der Waals surface area contributed by atoms with Crippen molar-refractivity contribution in [1.82, 2.24) is 0 Å². The molecule has 0 amide bonds. The van der Waals surface area contributed by atoms with E-state index in [-0.39, 0.29) is 124 Å². The van der Waals surface area contributed by atoms with Gasteiger partial charge in [0.1, 0.15) is 0 Å². The summed E-state index contributed by atoms with van der Waals surface area (Å²) in [5.74, 6) is 0. The van der Waals surface area contributed by atoms with Crippen LogP contribution in [0.3, 0.4) is 0 Å². The number of aliphatic hydroxyl groups is 6. The molecule has 0 aliphatic rings. The second-order valence-corrected chi connectivity index (χ2v) is 17.5. The number of rotatable bonds is 37. The van der Waals surface area contributed by atoms with E-state index in [9.17, 15) is 0 Å². The smallest absolute Gasteiger partial charge is 1.00 e. The molecule has 6 N–H and O–H groups in total. The summed E-state index contributed by atoms with van der Waals surface area (Å²) in [6.07, 6.45) is 0.998. The number of benzene rings is 3. The van der Waals surface area contributed by atoms with Gasteiger partial charge in [0.15, 0.2) is 0 Å². The number of halogens is 1. The van der Waals surface area contributed by atoms with Crippen molar-refractivity contribution in [3.8, 4) is 0 Å². The molecule has 412 valence electrons. The van der Waals surface area contributed by atoms with Crippen LogP contribution in [0.15, 0.2) is 91.0 Å². The van der Waals surface area contributed by atoms with Crippen molar-refractivity contribution >= 4 is 15.9 Å². The molecule has 0 bridgehead atoms. The van der Waals surface area contributed by atoms with Gasteiger partial charge >= 0.3 is 29.6 Å². The van der Waals surface area contributed by atoms with Crippen molar-refractivity contribution in [2.24, 2.45) is 16.2 Å². The molecular weight excluding hydrogens is 991 g/mol. The Morgan fingerprint density at radius 1 is 0.380 bits per heavy atom. The third-order valence-corrected chi connectivity index (χ3v) is 9.53. The van der Waals surface area contributed by atoms with Gasteiger partial charge in [-0.3, -0.25) is 0 Å². The minimum Gasteiger partial charge on any atom is -1.00 e. The van der Waals surface area contributed by atoms with Crippen LogP contribution in [0.4, 0.5) is 0 Å². The van der Waals surface area contributed by atoms with Crippen molar-refractivity contribution in [2.75, 3.05) is 144 Å². The average Bonchev–Trinajstić information content (AvgIpc) is 3.35. The van der Waals surface area contributed by atoms with Crippen LogP contribution in [0.1, 0.15) is 74.5 Å². The van der Waals surface area contributed by atoms with Gasteiger partial charge in [0, 0.05) is 28.2 Å². The van der Waals surface area contributed by atoms with Crippen molar-refractivity contribution < 1.29 is 104 Å². The Labute approximate surface area is 461 Å². The van der Waals surface area contributed by atoms with Crippen LogP contribution in [-0.2, 0) is 62.5 Å². The SMILES string of the molecule is BrCCOCc1ccccc1.C.C.C.CC(CO)(CO)CO.CC(COCCO)(COCCO)COCCO.CCCOCC(C)(COCCOCc1ccccc1)COCCOCc1ccccc1.[H-].[Na+].